The smallest absolute Gasteiger partial charge is 0.224 e. The molecule has 2 nitrogen and oxygen atoms in total. The van der Waals surface area contributed by atoms with Gasteiger partial charge in [-0.15, -0.1) is 0 Å². The summed E-state index contributed by atoms with van der Waals surface area (Å²) in [5.74, 6) is -0.389. The zero-order valence-electron chi connectivity index (χ0n) is 11.5. The summed E-state index contributed by atoms with van der Waals surface area (Å²) in [6.07, 6.45) is 1.02. The highest BCUT2D eigenvalue weighted by Crippen LogP contribution is 2.07. The SMILES string of the molecule is Cc1ccccc1CCNC(=O)Cc1cccc(F)c1. The van der Waals surface area contributed by atoms with Gasteiger partial charge in [0.15, 0.2) is 0 Å². The van der Waals surface area contributed by atoms with Crippen molar-refractivity contribution < 1.29 is 9.18 Å². The lowest BCUT2D eigenvalue weighted by Crippen LogP contribution is -2.27. The van der Waals surface area contributed by atoms with Crippen molar-refractivity contribution in [3.05, 3.63) is 71.0 Å². The minimum atomic E-state index is -0.310. The van der Waals surface area contributed by atoms with Crippen molar-refractivity contribution in [3.8, 4) is 0 Å². The van der Waals surface area contributed by atoms with Crippen LogP contribution in [0.4, 0.5) is 4.39 Å². The van der Waals surface area contributed by atoms with E-state index in [4.69, 9.17) is 0 Å². The van der Waals surface area contributed by atoms with Gasteiger partial charge < -0.3 is 5.32 Å². The second-order valence-electron chi connectivity index (χ2n) is 4.83. The van der Waals surface area contributed by atoms with E-state index in [9.17, 15) is 9.18 Å². The summed E-state index contributed by atoms with van der Waals surface area (Å²) in [6.45, 7) is 2.66. The summed E-state index contributed by atoms with van der Waals surface area (Å²) in [5.41, 5.74) is 3.16. The number of hydrogen-bond acceptors (Lipinski definition) is 1. The van der Waals surface area contributed by atoms with Gasteiger partial charge in [-0.1, -0.05) is 36.4 Å². The molecule has 2 aromatic carbocycles. The number of benzene rings is 2. The highest BCUT2D eigenvalue weighted by Gasteiger charge is 2.04. The van der Waals surface area contributed by atoms with E-state index < -0.39 is 0 Å². The molecule has 2 rings (SSSR count). The van der Waals surface area contributed by atoms with Crippen LogP contribution in [0.25, 0.3) is 0 Å². The fourth-order valence-electron chi connectivity index (χ4n) is 2.12. The van der Waals surface area contributed by atoms with Crippen molar-refractivity contribution in [2.24, 2.45) is 0 Å². The van der Waals surface area contributed by atoms with Crippen molar-refractivity contribution in [1.82, 2.24) is 5.32 Å². The first-order valence-corrected chi connectivity index (χ1v) is 6.71. The van der Waals surface area contributed by atoms with Gasteiger partial charge in [0.25, 0.3) is 0 Å². The van der Waals surface area contributed by atoms with Gasteiger partial charge in [-0.3, -0.25) is 4.79 Å². The summed E-state index contributed by atoms with van der Waals surface area (Å²) >= 11 is 0. The van der Waals surface area contributed by atoms with Crippen LogP contribution < -0.4 is 5.32 Å². The third-order valence-electron chi connectivity index (χ3n) is 3.23. The standard InChI is InChI=1S/C17H18FNO/c1-13-5-2-3-7-15(13)9-10-19-17(20)12-14-6-4-8-16(18)11-14/h2-8,11H,9-10,12H2,1H3,(H,19,20). The maximum Gasteiger partial charge on any atom is 0.224 e. The molecule has 0 radical (unpaired) electrons. The van der Waals surface area contributed by atoms with E-state index >= 15 is 0 Å². The topological polar surface area (TPSA) is 29.1 Å². The van der Waals surface area contributed by atoms with E-state index in [1.165, 1.54) is 23.3 Å². The molecule has 1 N–H and O–H groups in total. The van der Waals surface area contributed by atoms with Crippen LogP contribution in [0.3, 0.4) is 0 Å². The molecule has 0 heterocycles. The number of hydrogen-bond donors (Lipinski definition) is 1. The lowest BCUT2D eigenvalue weighted by Gasteiger charge is -2.07. The fourth-order valence-corrected chi connectivity index (χ4v) is 2.12. The lowest BCUT2D eigenvalue weighted by molar-refractivity contribution is -0.120. The van der Waals surface area contributed by atoms with E-state index in [-0.39, 0.29) is 18.1 Å². The molecule has 0 atom stereocenters. The molecule has 0 aliphatic heterocycles. The number of rotatable bonds is 5. The molecule has 0 aromatic heterocycles. The fraction of sp³-hybridized carbons (Fsp3) is 0.235. The Labute approximate surface area is 118 Å². The Balaban J connectivity index is 1.80. The van der Waals surface area contributed by atoms with E-state index in [1.807, 2.05) is 12.1 Å². The molecule has 0 spiro atoms. The molecule has 1 amide bonds. The van der Waals surface area contributed by atoms with Gasteiger partial charge in [-0.2, -0.15) is 0 Å². The molecule has 0 saturated heterocycles. The molecule has 0 unspecified atom stereocenters. The van der Waals surface area contributed by atoms with E-state index in [0.29, 0.717) is 12.1 Å². The van der Waals surface area contributed by atoms with E-state index in [1.54, 1.807) is 12.1 Å². The predicted octanol–water partition coefficient (Wildman–Crippen LogP) is 3.04. The van der Waals surface area contributed by atoms with Crippen LogP contribution in [0.1, 0.15) is 16.7 Å². The largest absolute Gasteiger partial charge is 0.355 e. The highest BCUT2D eigenvalue weighted by atomic mass is 19.1. The zero-order valence-corrected chi connectivity index (χ0v) is 11.5. The van der Waals surface area contributed by atoms with Crippen molar-refractivity contribution in [1.29, 1.82) is 0 Å². The zero-order chi connectivity index (χ0) is 14.4. The summed E-state index contributed by atoms with van der Waals surface area (Å²) in [5, 5.41) is 2.86. The van der Waals surface area contributed by atoms with Gasteiger partial charge in [0.05, 0.1) is 6.42 Å². The number of aryl methyl sites for hydroxylation is 1. The van der Waals surface area contributed by atoms with Gasteiger partial charge >= 0.3 is 0 Å². The van der Waals surface area contributed by atoms with Crippen LogP contribution >= 0.6 is 0 Å². The molecular weight excluding hydrogens is 253 g/mol. The molecule has 2 aromatic rings. The number of carbonyl (C=O) groups is 1. The van der Waals surface area contributed by atoms with E-state index in [2.05, 4.69) is 24.4 Å². The number of nitrogens with one attached hydrogen (secondary N) is 1. The van der Waals surface area contributed by atoms with Crippen molar-refractivity contribution in [2.45, 2.75) is 19.8 Å². The predicted molar refractivity (Wildman–Crippen MR) is 78.0 cm³/mol. The van der Waals surface area contributed by atoms with Crippen LogP contribution in [0.5, 0.6) is 0 Å². The first-order valence-electron chi connectivity index (χ1n) is 6.71. The summed E-state index contributed by atoms with van der Waals surface area (Å²) < 4.78 is 13.0. The number of amides is 1. The maximum absolute atomic E-state index is 13.0. The Morgan fingerprint density at radius 1 is 1.15 bits per heavy atom. The van der Waals surface area contributed by atoms with Gasteiger partial charge in [0.2, 0.25) is 5.91 Å². The lowest BCUT2D eigenvalue weighted by atomic mass is 10.1. The molecule has 20 heavy (non-hydrogen) atoms. The van der Waals surface area contributed by atoms with Crippen LogP contribution in [0.2, 0.25) is 0 Å². The first kappa shape index (κ1) is 14.3. The molecular formula is C17H18FNO. The van der Waals surface area contributed by atoms with Crippen molar-refractivity contribution >= 4 is 5.91 Å². The number of carbonyl (C=O) groups excluding carboxylic acids is 1. The Hall–Kier alpha value is -2.16. The quantitative estimate of drug-likeness (QED) is 0.889. The summed E-state index contributed by atoms with van der Waals surface area (Å²) in [4.78, 5) is 11.8. The number of halogens is 1. The normalized spacial score (nSPS) is 10.3. The molecule has 0 aliphatic carbocycles. The van der Waals surface area contributed by atoms with Crippen molar-refractivity contribution in [3.63, 3.8) is 0 Å². The van der Waals surface area contributed by atoms with Crippen LogP contribution in [-0.2, 0) is 17.6 Å². The third kappa shape index (κ3) is 4.19. The Morgan fingerprint density at radius 2 is 1.95 bits per heavy atom. The average molecular weight is 271 g/mol. The van der Waals surface area contributed by atoms with Crippen LogP contribution in [-0.4, -0.2) is 12.5 Å². The summed E-state index contributed by atoms with van der Waals surface area (Å²) in [7, 11) is 0. The first-order chi connectivity index (χ1) is 9.65. The Morgan fingerprint density at radius 3 is 2.70 bits per heavy atom. The van der Waals surface area contributed by atoms with Crippen molar-refractivity contribution in [2.75, 3.05) is 6.54 Å². The molecule has 0 fully saturated rings. The molecule has 3 heteroatoms. The molecule has 0 bridgehead atoms. The minimum absolute atomic E-state index is 0.0795. The minimum Gasteiger partial charge on any atom is -0.355 e. The van der Waals surface area contributed by atoms with Gasteiger partial charge in [0, 0.05) is 6.54 Å². The molecule has 104 valence electrons. The van der Waals surface area contributed by atoms with Gasteiger partial charge in [-0.25, -0.2) is 4.39 Å². The Kier molecular flexibility index (Phi) is 4.88. The average Bonchev–Trinajstić information content (AvgIpc) is 2.41. The van der Waals surface area contributed by atoms with Gasteiger partial charge in [-0.05, 0) is 42.2 Å². The maximum atomic E-state index is 13.0. The second-order valence-corrected chi connectivity index (χ2v) is 4.83. The van der Waals surface area contributed by atoms with E-state index in [0.717, 1.165) is 6.42 Å². The van der Waals surface area contributed by atoms with Gasteiger partial charge in [0.1, 0.15) is 5.82 Å². The third-order valence-corrected chi connectivity index (χ3v) is 3.23. The summed E-state index contributed by atoms with van der Waals surface area (Å²) in [6, 6.07) is 14.3. The molecule has 0 saturated carbocycles. The van der Waals surface area contributed by atoms with Crippen LogP contribution in [0, 0.1) is 12.7 Å². The second kappa shape index (κ2) is 6.85. The highest BCUT2D eigenvalue weighted by molar-refractivity contribution is 5.78. The Bertz CT molecular complexity index is 595. The molecule has 0 aliphatic rings. The monoisotopic (exact) mass is 271 g/mol. The van der Waals surface area contributed by atoms with Crippen LogP contribution in [0.15, 0.2) is 48.5 Å².